The summed E-state index contributed by atoms with van der Waals surface area (Å²) in [7, 11) is 0. The van der Waals surface area contributed by atoms with Crippen molar-refractivity contribution in [1.29, 1.82) is 0 Å². The van der Waals surface area contributed by atoms with Gasteiger partial charge in [0.05, 0.1) is 0 Å². The molecule has 15 heavy (non-hydrogen) atoms. The molecule has 0 aliphatic carbocycles. The minimum absolute atomic E-state index is 1.72. The molecule has 0 spiro atoms. The Morgan fingerprint density at radius 2 is 1.07 bits per heavy atom. The predicted octanol–water partition coefficient (Wildman–Crippen LogP) is 3.40. The van der Waals surface area contributed by atoms with Crippen LogP contribution in [0.25, 0.3) is 0 Å². The van der Waals surface area contributed by atoms with Gasteiger partial charge in [0.25, 0.3) is 0 Å². The van der Waals surface area contributed by atoms with E-state index in [1.807, 2.05) is 0 Å². The standard InChI is InChI=1S/C5H2F9N/c1-2(6)3(7,8)15(4(9,10)11)5(12,13)14/h1H2. The first-order valence-corrected chi connectivity index (χ1v) is 2.98. The molecule has 0 rings (SSSR count). The zero-order valence-corrected chi connectivity index (χ0v) is 6.56. The fourth-order valence-corrected chi connectivity index (χ4v) is 0.583. The largest absolute Gasteiger partial charge is 0.472 e. The van der Waals surface area contributed by atoms with Gasteiger partial charge in [0.1, 0.15) is 0 Å². The first-order valence-electron chi connectivity index (χ1n) is 2.98. The average molecular weight is 247 g/mol. The first kappa shape index (κ1) is 14.1. The van der Waals surface area contributed by atoms with Crippen molar-refractivity contribution in [2.24, 2.45) is 0 Å². The van der Waals surface area contributed by atoms with Crippen LogP contribution in [-0.4, -0.2) is 23.5 Å². The van der Waals surface area contributed by atoms with Gasteiger partial charge in [-0.1, -0.05) is 11.5 Å². The van der Waals surface area contributed by atoms with Gasteiger partial charge in [-0.3, -0.25) is 0 Å². The summed E-state index contributed by atoms with van der Waals surface area (Å²) < 4.78 is 106. The predicted molar refractivity (Wildman–Crippen MR) is 29.1 cm³/mol. The van der Waals surface area contributed by atoms with E-state index in [0.29, 0.717) is 0 Å². The molecule has 0 unspecified atom stereocenters. The van der Waals surface area contributed by atoms with Crippen LogP contribution in [-0.2, 0) is 0 Å². The van der Waals surface area contributed by atoms with Gasteiger partial charge in [0.15, 0.2) is 5.83 Å². The number of nitrogens with zero attached hydrogens (tertiary/aromatic N) is 1. The van der Waals surface area contributed by atoms with E-state index < -0.39 is 29.4 Å². The van der Waals surface area contributed by atoms with Crippen LogP contribution in [0.1, 0.15) is 0 Å². The monoisotopic (exact) mass is 247 g/mol. The maximum Gasteiger partial charge on any atom is 0.472 e. The van der Waals surface area contributed by atoms with Crippen LogP contribution < -0.4 is 0 Å². The normalized spacial score (nSPS) is 14.5. The smallest absolute Gasteiger partial charge is 0.204 e. The number of halogens is 9. The maximum atomic E-state index is 12.2. The van der Waals surface area contributed by atoms with Gasteiger partial charge >= 0.3 is 18.6 Å². The molecule has 0 saturated carbocycles. The van der Waals surface area contributed by atoms with Crippen LogP contribution in [0.5, 0.6) is 0 Å². The molecular formula is C5H2F9N. The second-order valence-corrected chi connectivity index (χ2v) is 2.22. The lowest BCUT2D eigenvalue weighted by Crippen LogP contribution is -2.57. The molecular weight excluding hydrogens is 245 g/mol. The average Bonchev–Trinajstić information content (AvgIpc) is 1.76. The van der Waals surface area contributed by atoms with Crippen molar-refractivity contribution in [3.05, 3.63) is 12.4 Å². The molecule has 90 valence electrons. The van der Waals surface area contributed by atoms with Gasteiger partial charge in [0.2, 0.25) is 0 Å². The summed E-state index contributed by atoms with van der Waals surface area (Å²) in [4.78, 5) is -3.17. The van der Waals surface area contributed by atoms with Crippen molar-refractivity contribution in [2.45, 2.75) is 18.6 Å². The van der Waals surface area contributed by atoms with E-state index in [1.54, 1.807) is 6.58 Å². The summed E-state index contributed by atoms with van der Waals surface area (Å²) in [5.74, 6) is -3.06. The molecule has 0 aromatic carbocycles. The zero-order chi connectivity index (χ0) is 12.7. The molecule has 0 heterocycles. The minimum Gasteiger partial charge on any atom is -0.204 e. The van der Waals surface area contributed by atoms with Crippen molar-refractivity contribution in [2.75, 3.05) is 0 Å². The summed E-state index contributed by atoms with van der Waals surface area (Å²) in [5, 5.41) is 0. The highest BCUT2D eigenvalue weighted by Crippen LogP contribution is 2.44. The number of hydrogen-bond acceptors (Lipinski definition) is 1. The highest BCUT2D eigenvalue weighted by atomic mass is 19.4. The summed E-state index contributed by atoms with van der Waals surface area (Å²) in [5.41, 5.74) is 0. The molecule has 0 aromatic rings. The van der Waals surface area contributed by atoms with Crippen LogP contribution >= 0.6 is 0 Å². The third kappa shape index (κ3) is 3.01. The highest BCUT2D eigenvalue weighted by Gasteiger charge is 2.67. The maximum absolute atomic E-state index is 12.2. The Kier molecular flexibility index (Phi) is 3.36. The Morgan fingerprint density at radius 1 is 0.800 bits per heavy atom. The van der Waals surface area contributed by atoms with Crippen molar-refractivity contribution in [3.8, 4) is 0 Å². The van der Waals surface area contributed by atoms with Crippen LogP contribution in [0.3, 0.4) is 0 Å². The molecule has 0 aliphatic heterocycles. The van der Waals surface area contributed by atoms with Gasteiger partial charge in [0, 0.05) is 0 Å². The zero-order valence-electron chi connectivity index (χ0n) is 6.56. The molecule has 0 N–H and O–H groups in total. The third-order valence-corrected chi connectivity index (χ3v) is 1.11. The molecule has 1 nitrogen and oxygen atoms in total. The van der Waals surface area contributed by atoms with Gasteiger partial charge in [-0.05, 0) is 0 Å². The molecule has 0 saturated heterocycles. The first-order chi connectivity index (χ1) is 6.31. The van der Waals surface area contributed by atoms with E-state index in [1.165, 1.54) is 0 Å². The Labute approximate surface area is 76.8 Å². The fourth-order valence-electron chi connectivity index (χ4n) is 0.583. The number of alkyl halides is 8. The quantitative estimate of drug-likeness (QED) is 0.534. The topological polar surface area (TPSA) is 3.24 Å². The summed E-state index contributed by atoms with van der Waals surface area (Å²) in [6.45, 7) is 1.72. The van der Waals surface area contributed by atoms with E-state index in [0.717, 1.165) is 0 Å². The van der Waals surface area contributed by atoms with Crippen LogP contribution in [0.4, 0.5) is 39.5 Å². The Balaban J connectivity index is 5.43. The molecule has 0 fully saturated rings. The summed E-state index contributed by atoms with van der Waals surface area (Å²) >= 11 is 0. The third-order valence-electron chi connectivity index (χ3n) is 1.11. The lowest BCUT2D eigenvalue weighted by atomic mass is 10.4. The second kappa shape index (κ2) is 3.58. The van der Waals surface area contributed by atoms with Crippen molar-refractivity contribution < 1.29 is 39.5 Å². The van der Waals surface area contributed by atoms with E-state index in [4.69, 9.17) is 0 Å². The van der Waals surface area contributed by atoms with Gasteiger partial charge in [-0.25, -0.2) is 4.39 Å². The summed E-state index contributed by atoms with van der Waals surface area (Å²) in [6, 6.07) is -5.89. The fraction of sp³-hybridized carbons (Fsp3) is 0.600. The van der Waals surface area contributed by atoms with E-state index in [9.17, 15) is 39.5 Å². The van der Waals surface area contributed by atoms with Crippen molar-refractivity contribution in [1.82, 2.24) is 4.90 Å². The minimum atomic E-state index is -6.48. The van der Waals surface area contributed by atoms with E-state index in [-0.39, 0.29) is 0 Å². The van der Waals surface area contributed by atoms with Gasteiger partial charge in [-0.2, -0.15) is 35.1 Å². The number of rotatable bonds is 2. The Morgan fingerprint density at radius 3 is 1.13 bits per heavy atom. The molecule has 0 radical (unpaired) electrons. The number of hydrogen-bond donors (Lipinski definition) is 0. The Bertz CT molecular complexity index is 234. The van der Waals surface area contributed by atoms with Crippen molar-refractivity contribution in [3.63, 3.8) is 0 Å². The van der Waals surface area contributed by atoms with E-state index >= 15 is 0 Å². The van der Waals surface area contributed by atoms with Gasteiger partial charge in [-0.15, -0.1) is 0 Å². The molecule has 0 bridgehead atoms. The molecule has 0 amide bonds. The Hall–Kier alpha value is -0.930. The molecule has 0 aromatic heterocycles. The van der Waals surface area contributed by atoms with Crippen LogP contribution in [0, 0.1) is 0 Å². The SMILES string of the molecule is C=C(F)C(F)(F)N(C(F)(F)F)C(F)(F)F. The molecule has 0 aliphatic rings. The van der Waals surface area contributed by atoms with Crippen molar-refractivity contribution >= 4 is 0 Å². The van der Waals surface area contributed by atoms with Gasteiger partial charge < -0.3 is 0 Å². The second-order valence-electron chi connectivity index (χ2n) is 2.22. The summed E-state index contributed by atoms with van der Waals surface area (Å²) in [6.07, 6.45) is -13.0. The lowest BCUT2D eigenvalue weighted by Gasteiger charge is -2.31. The lowest BCUT2D eigenvalue weighted by molar-refractivity contribution is -0.433. The molecule has 0 atom stereocenters. The molecule has 10 heteroatoms. The van der Waals surface area contributed by atoms with Crippen LogP contribution in [0.2, 0.25) is 0 Å². The van der Waals surface area contributed by atoms with E-state index in [2.05, 4.69) is 0 Å². The van der Waals surface area contributed by atoms with Crippen LogP contribution in [0.15, 0.2) is 12.4 Å². The highest BCUT2D eigenvalue weighted by molar-refractivity contribution is 4.98.